The number of carboxylic acids is 1. The van der Waals surface area contributed by atoms with Gasteiger partial charge in [0.2, 0.25) is 0 Å². The molecule has 1 aliphatic rings. The van der Waals surface area contributed by atoms with Crippen molar-refractivity contribution in [2.24, 2.45) is 0 Å². The van der Waals surface area contributed by atoms with E-state index < -0.39 is 17.7 Å². The van der Waals surface area contributed by atoms with Gasteiger partial charge in [-0.25, -0.2) is 14.8 Å². The van der Waals surface area contributed by atoms with Crippen molar-refractivity contribution in [2.75, 3.05) is 31.1 Å². The van der Waals surface area contributed by atoms with Gasteiger partial charge in [-0.1, -0.05) is 29.8 Å². The summed E-state index contributed by atoms with van der Waals surface area (Å²) < 4.78 is 7.03. The summed E-state index contributed by atoms with van der Waals surface area (Å²) in [6, 6.07) is 16.1. The Hall–Kier alpha value is -3.04. The number of thiazole rings is 1. The topological polar surface area (TPSA) is 78.8 Å². The number of hydrogen-bond donors (Lipinski definition) is 1. The highest BCUT2D eigenvalue weighted by Crippen LogP contribution is 2.44. The molecule has 1 fully saturated rings. The standard InChI is InChI=1S/C32H37ClN4O3S/c1-19(2)36-14-16-37(17-15-36)25-9-7-8-23(34-25)30-35-24-18-20(3)26(28(31(38)39)40-32(4,5)6)27(29(24)41-30)21-10-12-22(33)13-11-21/h7-13,18-19,28H,14-17H2,1-6H3,(H,38,39)/t28-/m0/s1. The third kappa shape index (κ3) is 6.41. The molecule has 1 N–H and O–H groups in total. The molecule has 5 rings (SSSR count). The number of ether oxygens (including phenoxy) is 1. The number of carbonyl (C=O) groups is 1. The summed E-state index contributed by atoms with van der Waals surface area (Å²) in [6.45, 7) is 15.9. The Balaban J connectivity index is 1.62. The fourth-order valence-electron chi connectivity index (χ4n) is 5.33. The Morgan fingerprint density at radius 2 is 1.73 bits per heavy atom. The van der Waals surface area contributed by atoms with E-state index in [1.54, 1.807) is 0 Å². The van der Waals surface area contributed by atoms with Crippen molar-refractivity contribution in [2.45, 2.75) is 59.3 Å². The highest BCUT2D eigenvalue weighted by atomic mass is 35.5. The van der Waals surface area contributed by atoms with Gasteiger partial charge >= 0.3 is 5.97 Å². The lowest BCUT2D eigenvalue weighted by Gasteiger charge is -2.37. The van der Waals surface area contributed by atoms with Gasteiger partial charge in [-0.05, 0) is 83.0 Å². The van der Waals surface area contributed by atoms with Crippen molar-refractivity contribution in [3.8, 4) is 21.8 Å². The largest absolute Gasteiger partial charge is 0.479 e. The second kappa shape index (κ2) is 11.7. The van der Waals surface area contributed by atoms with Crippen LogP contribution in [0.15, 0.2) is 48.5 Å². The zero-order valence-corrected chi connectivity index (χ0v) is 26.0. The molecular weight excluding hydrogens is 556 g/mol. The van der Waals surface area contributed by atoms with E-state index in [0.717, 1.165) is 69.6 Å². The van der Waals surface area contributed by atoms with E-state index in [0.29, 0.717) is 16.6 Å². The Labute approximate surface area is 250 Å². The fourth-order valence-corrected chi connectivity index (χ4v) is 6.55. The number of hydrogen-bond acceptors (Lipinski definition) is 7. The Morgan fingerprint density at radius 1 is 1.05 bits per heavy atom. The first-order chi connectivity index (χ1) is 19.4. The summed E-state index contributed by atoms with van der Waals surface area (Å²) in [7, 11) is 0. The maximum Gasteiger partial charge on any atom is 0.337 e. The van der Waals surface area contributed by atoms with Crippen LogP contribution in [0.25, 0.3) is 32.0 Å². The molecule has 9 heteroatoms. The molecule has 0 radical (unpaired) electrons. The molecule has 0 aliphatic carbocycles. The number of nitrogens with zero attached hydrogens (tertiary/aromatic N) is 4. The average Bonchev–Trinajstić information content (AvgIpc) is 3.35. The van der Waals surface area contributed by atoms with Crippen LogP contribution in [0.3, 0.4) is 0 Å². The van der Waals surface area contributed by atoms with Gasteiger partial charge in [0.25, 0.3) is 0 Å². The van der Waals surface area contributed by atoms with Crippen LogP contribution < -0.4 is 4.90 Å². The maximum atomic E-state index is 12.6. The monoisotopic (exact) mass is 592 g/mol. The molecule has 3 heterocycles. The molecule has 0 unspecified atom stereocenters. The number of aryl methyl sites for hydroxylation is 1. The van der Waals surface area contributed by atoms with Gasteiger partial charge in [0.05, 0.1) is 15.8 Å². The Kier molecular flexibility index (Phi) is 8.39. The van der Waals surface area contributed by atoms with Crippen molar-refractivity contribution in [1.82, 2.24) is 14.9 Å². The number of aromatic nitrogens is 2. The minimum absolute atomic E-state index is 0.539. The van der Waals surface area contributed by atoms with Gasteiger partial charge in [0.15, 0.2) is 6.10 Å². The van der Waals surface area contributed by atoms with Crippen LogP contribution in [0.2, 0.25) is 5.02 Å². The number of carboxylic acid groups (broad SMARTS) is 1. The second-order valence-corrected chi connectivity index (χ2v) is 13.2. The average molecular weight is 593 g/mol. The van der Waals surface area contributed by atoms with Gasteiger partial charge < -0.3 is 14.7 Å². The summed E-state index contributed by atoms with van der Waals surface area (Å²) in [5.41, 5.74) is 4.04. The maximum absolute atomic E-state index is 12.6. The van der Waals surface area contributed by atoms with Crippen molar-refractivity contribution < 1.29 is 14.6 Å². The highest BCUT2D eigenvalue weighted by molar-refractivity contribution is 7.22. The Morgan fingerprint density at radius 3 is 2.34 bits per heavy atom. The van der Waals surface area contributed by atoms with E-state index in [1.807, 2.05) is 70.2 Å². The molecule has 2 aromatic heterocycles. The quantitative estimate of drug-likeness (QED) is 0.239. The van der Waals surface area contributed by atoms with Gasteiger partial charge in [-0.3, -0.25) is 4.90 Å². The van der Waals surface area contributed by atoms with E-state index >= 15 is 0 Å². The molecule has 2 aromatic carbocycles. The zero-order valence-electron chi connectivity index (χ0n) is 24.4. The summed E-state index contributed by atoms with van der Waals surface area (Å²) >= 11 is 7.76. The smallest absolute Gasteiger partial charge is 0.337 e. The number of benzene rings is 2. The van der Waals surface area contributed by atoms with Crippen LogP contribution in [0.1, 0.15) is 51.8 Å². The van der Waals surface area contributed by atoms with Crippen LogP contribution in [-0.2, 0) is 9.53 Å². The molecule has 0 saturated carbocycles. The molecule has 7 nitrogen and oxygen atoms in total. The molecule has 0 spiro atoms. The molecule has 1 aliphatic heterocycles. The normalized spacial score (nSPS) is 15.6. The second-order valence-electron chi connectivity index (χ2n) is 11.8. The predicted octanol–water partition coefficient (Wildman–Crippen LogP) is 7.46. The van der Waals surface area contributed by atoms with Crippen LogP contribution in [0.5, 0.6) is 0 Å². The molecule has 1 saturated heterocycles. The van der Waals surface area contributed by atoms with E-state index in [2.05, 4.69) is 29.7 Å². The van der Waals surface area contributed by atoms with E-state index in [-0.39, 0.29) is 0 Å². The number of fused-ring (bicyclic) bond motifs is 1. The van der Waals surface area contributed by atoms with Crippen molar-refractivity contribution in [1.29, 1.82) is 0 Å². The number of halogens is 1. The SMILES string of the molecule is Cc1cc2nc(-c3cccc(N4CCN(C(C)C)CC4)n3)sc2c(-c2ccc(Cl)cc2)c1[C@H](OC(C)(C)C)C(=O)O. The number of pyridine rings is 1. The molecule has 1 atom stereocenters. The number of anilines is 1. The van der Waals surface area contributed by atoms with Crippen LogP contribution >= 0.6 is 22.9 Å². The van der Waals surface area contributed by atoms with Crippen LogP contribution in [0, 0.1) is 6.92 Å². The first-order valence-corrected chi connectivity index (χ1v) is 15.2. The van der Waals surface area contributed by atoms with Crippen molar-refractivity contribution >= 4 is 44.9 Å². The minimum Gasteiger partial charge on any atom is -0.479 e. The molecule has 4 aromatic rings. The lowest BCUT2D eigenvalue weighted by Crippen LogP contribution is -2.49. The van der Waals surface area contributed by atoms with Gasteiger partial charge in [0.1, 0.15) is 16.5 Å². The highest BCUT2D eigenvalue weighted by Gasteiger charge is 2.32. The number of rotatable bonds is 7. The summed E-state index contributed by atoms with van der Waals surface area (Å²) in [6.07, 6.45) is -1.15. The number of aliphatic carboxylic acids is 1. The molecular formula is C32H37ClN4O3S. The number of piperazine rings is 1. The Bertz CT molecular complexity index is 1550. The fraction of sp³-hybridized carbons (Fsp3) is 0.406. The predicted molar refractivity (Wildman–Crippen MR) is 168 cm³/mol. The lowest BCUT2D eigenvalue weighted by atomic mass is 9.91. The molecule has 0 amide bonds. The van der Waals surface area contributed by atoms with E-state index in [4.69, 9.17) is 26.3 Å². The molecule has 0 bridgehead atoms. The van der Waals surface area contributed by atoms with Crippen molar-refractivity contribution in [3.05, 3.63) is 64.7 Å². The third-order valence-corrected chi connectivity index (χ3v) is 8.70. The zero-order chi connectivity index (χ0) is 29.5. The van der Waals surface area contributed by atoms with Crippen molar-refractivity contribution in [3.63, 3.8) is 0 Å². The van der Waals surface area contributed by atoms with Crippen LogP contribution in [-0.4, -0.2) is 63.8 Å². The van der Waals surface area contributed by atoms with Gasteiger partial charge in [0, 0.05) is 48.4 Å². The lowest BCUT2D eigenvalue weighted by molar-refractivity contribution is -0.160. The summed E-state index contributed by atoms with van der Waals surface area (Å²) in [4.78, 5) is 27.4. The molecule has 41 heavy (non-hydrogen) atoms. The molecule has 216 valence electrons. The summed E-state index contributed by atoms with van der Waals surface area (Å²) in [5.74, 6) is -0.0845. The minimum atomic E-state index is -1.15. The van der Waals surface area contributed by atoms with E-state index in [1.165, 1.54) is 11.3 Å². The van der Waals surface area contributed by atoms with Gasteiger partial charge in [-0.2, -0.15) is 0 Å². The first-order valence-electron chi connectivity index (χ1n) is 14.0. The van der Waals surface area contributed by atoms with Gasteiger partial charge in [-0.15, -0.1) is 11.3 Å². The summed E-state index contributed by atoms with van der Waals surface area (Å²) in [5, 5.41) is 11.7. The van der Waals surface area contributed by atoms with Crippen LogP contribution in [0.4, 0.5) is 5.82 Å². The van der Waals surface area contributed by atoms with E-state index in [9.17, 15) is 9.90 Å². The third-order valence-electron chi connectivity index (χ3n) is 7.34. The first kappa shape index (κ1) is 29.5.